The highest BCUT2D eigenvalue weighted by Gasteiger charge is 2.22. The lowest BCUT2D eigenvalue weighted by molar-refractivity contribution is -0.142. The van der Waals surface area contributed by atoms with Crippen molar-refractivity contribution in [3.05, 3.63) is 0 Å². The summed E-state index contributed by atoms with van der Waals surface area (Å²) in [5.74, 6) is -1.90. The Hall–Kier alpha value is -1.39. The lowest BCUT2D eigenvalue weighted by Gasteiger charge is -2.15. The summed E-state index contributed by atoms with van der Waals surface area (Å²) in [5, 5.41) is 11.2. The maximum absolute atomic E-state index is 11.5. The van der Waals surface area contributed by atoms with E-state index in [9.17, 15) is 14.4 Å². The second-order valence-electron chi connectivity index (χ2n) is 3.81. The van der Waals surface area contributed by atoms with Crippen LogP contribution >= 0.6 is 0 Å². The molecule has 0 saturated carbocycles. The van der Waals surface area contributed by atoms with Gasteiger partial charge in [0, 0.05) is 18.8 Å². The number of amides is 1. The normalized spacial score (nSPS) is 13.9. The summed E-state index contributed by atoms with van der Waals surface area (Å²) in [6, 6.07) is -0.869. The number of aliphatic carboxylic acids is 1. The monoisotopic (exact) mass is 229 g/mol. The Labute approximate surface area is 95.2 Å². The fourth-order valence-electron chi connectivity index (χ4n) is 1.23. The van der Waals surface area contributed by atoms with Gasteiger partial charge in [0.25, 0.3) is 0 Å². The van der Waals surface area contributed by atoms with Crippen molar-refractivity contribution in [1.29, 1.82) is 0 Å². The maximum atomic E-state index is 11.5. The van der Waals surface area contributed by atoms with E-state index in [0.29, 0.717) is 12.8 Å². The van der Waals surface area contributed by atoms with Crippen LogP contribution in [0.25, 0.3) is 0 Å². The number of carboxylic acids is 1. The van der Waals surface area contributed by atoms with Gasteiger partial charge in [-0.05, 0) is 6.42 Å². The zero-order chi connectivity index (χ0) is 12.7. The number of carbonyl (C=O) groups excluding carboxylic acids is 2. The van der Waals surface area contributed by atoms with Crippen LogP contribution in [0.4, 0.5) is 0 Å². The Bertz CT molecular complexity index is 275. The van der Waals surface area contributed by atoms with Crippen LogP contribution in [0.15, 0.2) is 0 Å². The maximum Gasteiger partial charge on any atom is 0.326 e. The number of Topliss-reactive ketones (excluding diaryl/α,β-unsaturated/α-hetero) is 1. The van der Waals surface area contributed by atoms with E-state index < -0.39 is 17.9 Å². The number of hydrogen-bond acceptors (Lipinski definition) is 3. The van der Waals surface area contributed by atoms with E-state index in [1.165, 1.54) is 0 Å². The molecule has 2 N–H and O–H groups in total. The molecule has 0 spiro atoms. The Morgan fingerprint density at radius 3 is 2.19 bits per heavy atom. The first-order valence-electron chi connectivity index (χ1n) is 5.47. The predicted octanol–water partition coefficient (Wildman–Crippen LogP) is 0.971. The van der Waals surface area contributed by atoms with Crippen LogP contribution < -0.4 is 5.32 Å². The van der Waals surface area contributed by atoms with E-state index in [4.69, 9.17) is 5.11 Å². The number of hydrogen-bond donors (Lipinski definition) is 2. The quantitative estimate of drug-likeness (QED) is 0.681. The van der Waals surface area contributed by atoms with Crippen molar-refractivity contribution < 1.29 is 19.5 Å². The van der Waals surface area contributed by atoms with E-state index in [0.717, 1.165) is 0 Å². The van der Waals surface area contributed by atoms with Crippen molar-refractivity contribution in [3.63, 3.8) is 0 Å². The number of ketones is 1. The molecule has 92 valence electrons. The van der Waals surface area contributed by atoms with Gasteiger partial charge >= 0.3 is 5.97 Å². The Kier molecular flexibility index (Phi) is 6.37. The smallest absolute Gasteiger partial charge is 0.326 e. The van der Waals surface area contributed by atoms with Gasteiger partial charge < -0.3 is 10.4 Å². The summed E-state index contributed by atoms with van der Waals surface area (Å²) < 4.78 is 0. The van der Waals surface area contributed by atoms with Crippen molar-refractivity contribution in [2.45, 2.75) is 46.1 Å². The van der Waals surface area contributed by atoms with Gasteiger partial charge in [-0.2, -0.15) is 0 Å². The van der Waals surface area contributed by atoms with Gasteiger partial charge in [0.05, 0.1) is 0 Å². The van der Waals surface area contributed by atoms with E-state index >= 15 is 0 Å². The highest BCUT2D eigenvalue weighted by Crippen LogP contribution is 2.05. The van der Waals surface area contributed by atoms with Crippen LogP contribution in [0.2, 0.25) is 0 Å². The summed E-state index contributed by atoms with van der Waals surface area (Å²) in [7, 11) is 0. The highest BCUT2D eigenvalue weighted by molar-refractivity contribution is 5.88. The average Bonchev–Trinajstić information content (AvgIpc) is 2.24. The Morgan fingerprint density at radius 2 is 1.81 bits per heavy atom. The van der Waals surface area contributed by atoms with Gasteiger partial charge in [-0.25, -0.2) is 4.79 Å². The molecule has 0 heterocycles. The number of rotatable bonds is 7. The fourth-order valence-corrected chi connectivity index (χ4v) is 1.23. The summed E-state index contributed by atoms with van der Waals surface area (Å²) >= 11 is 0. The molecule has 0 aromatic carbocycles. The molecule has 0 radical (unpaired) electrons. The molecule has 0 aliphatic heterocycles. The third-order valence-electron chi connectivity index (χ3n) is 2.40. The number of carbonyl (C=O) groups is 3. The van der Waals surface area contributed by atoms with E-state index in [2.05, 4.69) is 5.32 Å². The molecule has 0 aliphatic rings. The minimum atomic E-state index is -1.05. The van der Waals surface area contributed by atoms with Gasteiger partial charge in [0.1, 0.15) is 11.8 Å². The van der Waals surface area contributed by atoms with Crippen LogP contribution in [-0.2, 0) is 14.4 Å². The van der Waals surface area contributed by atoms with Crippen LogP contribution in [-0.4, -0.2) is 28.8 Å². The van der Waals surface area contributed by atoms with Gasteiger partial charge in [-0.1, -0.05) is 20.8 Å². The third-order valence-corrected chi connectivity index (χ3v) is 2.40. The zero-order valence-electron chi connectivity index (χ0n) is 9.95. The minimum Gasteiger partial charge on any atom is -0.480 e. The second kappa shape index (κ2) is 6.98. The summed E-state index contributed by atoms with van der Waals surface area (Å²) in [5.41, 5.74) is 0. The topological polar surface area (TPSA) is 83.5 Å². The average molecular weight is 229 g/mol. The molecule has 16 heavy (non-hydrogen) atoms. The molecular formula is C11H19NO4. The van der Waals surface area contributed by atoms with Crippen molar-refractivity contribution >= 4 is 17.7 Å². The van der Waals surface area contributed by atoms with Gasteiger partial charge in [0.15, 0.2) is 0 Å². The van der Waals surface area contributed by atoms with Gasteiger partial charge in [-0.3, -0.25) is 9.59 Å². The molecule has 5 nitrogen and oxygen atoms in total. The molecule has 1 amide bonds. The largest absolute Gasteiger partial charge is 0.480 e. The van der Waals surface area contributed by atoms with Crippen molar-refractivity contribution in [3.8, 4) is 0 Å². The lowest BCUT2D eigenvalue weighted by Crippen LogP contribution is -2.43. The second-order valence-corrected chi connectivity index (χ2v) is 3.81. The summed E-state index contributed by atoms with van der Waals surface area (Å²) in [4.78, 5) is 33.3. The van der Waals surface area contributed by atoms with Crippen LogP contribution in [0.5, 0.6) is 0 Å². The Morgan fingerprint density at radius 1 is 1.25 bits per heavy atom. The van der Waals surface area contributed by atoms with Gasteiger partial charge in [0.2, 0.25) is 5.91 Å². The molecule has 0 aromatic rings. The first-order chi connectivity index (χ1) is 7.42. The standard InChI is InChI=1S/C11H19NO4/c1-4-8(13)6-7(3)10(14)12-9(5-2)11(15)16/h7,9H,4-6H2,1-3H3,(H,12,14)(H,15,16). The third kappa shape index (κ3) is 4.91. The first kappa shape index (κ1) is 14.6. The molecule has 0 fully saturated rings. The minimum absolute atomic E-state index is 0.00558. The highest BCUT2D eigenvalue weighted by atomic mass is 16.4. The van der Waals surface area contributed by atoms with Crippen LogP contribution in [0.3, 0.4) is 0 Å². The molecule has 5 heteroatoms. The fraction of sp³-hybridized carbons (Fsp3) is 0.727. The van der Waals surface area contributed by atoms with E-state index in [1.807, 2.05) is 0 Å². The molecule has 2 unspecified atom stereocenters. The van der Waals surface area contributed by atoms with Crippen molar-refractivity contribution in [1.82, 2.24) is 5.32 Å². The Balaban J connectivity index is 4.23. The van der Waals surface area contributed by atoms with E-state index in [-0.39, 0.29) is 18.1 Å². The molecule has 0 saturated heterocycles. The van der Waals surface area contributed by atoms with Crippen molar-refractivity contribution in [2.24, 2.45) is 5.92 Å². The zero-order valence-corrected chi connectivity index (χ0v) is 9.95. The molecule has 0 aliphatic carbocycles. The molecule has 0 aromatic heterocycles. The van der Waals surface area contributed by atoms with Crippen molar-refractivity contribution in [2.75, 3.05) is 0 Å². The number of carboxylic acid groups (broad SMARTS) is 1. The predicted molar refractivity (Wildman–Crippen MR) is 58.9 cm³/mol. The van der Waals surface area contributed by atoms with Gasteiger partial charge in [-0.15, -0.1) is 0 Å². The summed E-state index contributed by atoms with van der Waals surface area (Å²) in [6.45, 7) is 5.04. The molecule has 2 atom stereocenters. The SMILES string of the molecule is CCC(=O)CC(C)C(=O)NC(CC)C(=O)O. The molecule has 0 rings (SSSR count). The first-order valence-corrected chi connectivity index (χ1v) is 5.47. The van der Waals surface area contributed by atoms with Crippen LogP contribution in [0, 0.1) is 5.92 Å². The summed E-state index contributed by atoms with van der Waals surface area (Å²) in [6.07, 6.45) is 0.891. The molecule has 0 bridgehead atoms. The molecular weight excluding hydrogens is 210 g/mol. The van der Waals surface area contributed by atoms with Crippen LogP contribution in [0.1, 0.15) is 40.0 Å². The lowest BCUT2D eigenvalue weighted by atomic mass is 10.0. The van der Waals surface area contributed by atoms with E-state index in [1.54, 1.807) is 20.8 Å². The number of nitrogens with one attached hydrogen (secondary N) is 1.